The number of Topliss-reactive ketones (excluding diaryl/α,β-unsaturated/α-hetero) is 1. The monoisotopic (exact) mass is 405 g/mol. The summed E-state index contributed by atoms with van der Waals surface area (Å²) in [6, 6.07) is 14.9. The largest absolute Gasteiger partial charge is 0.465 e. The number of hydrogen-bond acceptors (Lipinski definition) is 5. The maximum atomic E-state index is 12.4. The second-order valence-corrected chi connectivity index (χ2v) is 6.82. The molecule has 0 spiro atoms. The molecule has 0 atom stereocenters. The third kappa shape index (κ3) is 5.06. The maximum Gasteiger partial charge on any atom is 0.409 e. The summed E-state index contributed by atoms with van der Waals surface area (Å²) in [5, 5.41) is 26.6. The van der Waals surface area contributed by atoms with Crippen molar-refractivity contribution in [1.29, 1.82) is 5.26 Å². The number of carbonyl (C=O) groups excluding carboxylic acids is 2. The van der Waals surface area contributed by atoms with E-state index >= 15 is 0 Å². The van der Waals surface area contributed by atoms with E-state index in [0.29, 0.717) is 5.56 Å². The van der Waals surface area contributed by atoms with Crippen LogP contribution in [-0.2, 0) is 4.79 Å². The number of anilines is 2. The van der Waals surface area contributed by atoms with Crippen LogP contribution in [0.5, 0.6) is 0 Å². The van der Waals surface area contributed by atoms with Crippen LogP contribution in [0.4, 0.5) is 16.2 Å². The van der Waals surface area contributed by atoms with Crippen LogP contribution in [0.2, 0.25) is 0 Å². The van der Waals surface area contributed by atoms with E-state index in [1.165, 1.54) is 23.5 Å². The fourth-order valence-electron chi connectivity index (χ4n) is 2.68. The number of carbonyl (C=O) groups is 3. The van der Waals surface area contributed by atoms with Crippen LogP contribution in [0.15, 0.2) is 59.3 Å². The van der Waals surface area contributed by atoms with Gasteiger partial charge in [0.25, 0.3) is 0 Å². The lowest BCUT2D eigenvalue weighted by Gasteiger charge is -2.12. The molecule has 8 heteroatoms. The standard InChI is InChI=1S/C21H15N3O4S/c22-11-13-2-1-3-15(8-13)19(25)10-20(26)23-18-9-14(16-6-7-29-12-16)4-5-17(18)24-21(27)28/h1-9,12,24H,10H2,(H,23,26)(H,27,28). The van der Waals surface area contributed by atoms with Gasteiger partial charge in [-0.25, -0.2) is 4.79 Å². The van der Waals surface area contributed by atoms with Crippen LogP contribution in [-0.4, -0.2) is 22.9 Å². The summed E-state index contributed by atoms with van der Waals surface area (Å²) in [5.41, 5.74) is 2.76. The number of amides is 2. The van der Waals surface area contributed by atoms with Crippen molar-refractivity contribution in [3.8, 4) is 17.2 Å². The Hall–Kier alpha value is -3.96. The number of hydrogen-bond donors (Lipinski definition) is 3. The highest BCUT2D eigenvalue weighted by Gasteiger charge is 2.15. The van der Waals surface area contributed by atoms with Gasteiger partial charge in [-0.05, 0) is 52.2 Å². The molecule has 0 aliphatic heterocycles. The lowest BCUT2D eigenvalue weighted by atomic mass is 10.0. The van der Waals surface area contributed by atoms with E-state index in [9.17, 15) is 14.4 Å². The molecule has 3 N–H and O–H groups in total. The molecule has 2 aromatic carbocycles. The molecule has 0 aliphatic rings. The Bertz CT molecular complexity index is 1120. The highest BCUT2D eigenvalue weighted by Crippen LogP contribution is 2.30. The first kappa shape index (κ1) is 19.8. The normalized spacial score (nSPS) is 10.0. The van der Waals surface area contributed by atoms with Gasteiger partial charge in [-0.2, -0.15) is 16.6 Å². The number of nitrogens with one attached hydrogen (secondary N) is 2. The Morgan fingerprint density at radius 1 is 1.00 bits per heavy atom. The van der Waals surface area contributed by atoms with E-state index in [-0.39, 0.29) is 16.9 Å². The lowest BCUT2D eigenvalue weighted by Crippen LogP contribution is -2.18. The summed E-state index contributed by atoms with van der Waals surface area (Å²) in [5.74, 6) is -1.03. The number of nitriles is 1. The van der Waals surface area contributed by atoms with E-state index in [1.807, 2.05) is 22.9 Å². The van der Waals surface area contributed by atoms with Crippen LogP contribution in [0.3, 0.4) is 0 Å². The van der Waals surface area contributed by atoms with Crippen LogP contribution in [0, 0.1) is 11.3 Å². The minimum absolute atomic E-state index is 0.198. The molecule has 1 aromatic heterocycles. The van der Waals surface area contributed by atoms with Gasteiger partial charge in [0.1, 0.15) is 0 Å². The molecule has 2 amide bonds. The Morgan fingerprint density at radius 3 is 2.52 bits per heavy atom. The first-order chi connectivity index (χ1) is 14.0. The first-order valence-corrected chi connectivity index (χ1v) is 9.40. The molecule has 7 nitrogen and oxygen atoms in total. The van der Waals surface area contributed by atoms with Crippen molar-refractivity contribution in [3.05, 3.63) is 70.4 Å². The lowest BCUT2D eigenvalue weighted by molar-refractivity contribution is -0.115. The Kier molecular flexibility index (Phi) is 6.02. The van der Waals surface area contributed by atoms with Gasteiger partial charge < -0.3 is 10.4 Å². The molecular formula is C21H15N3O4S. The third-order valence-electron chi connectivity index (χ3n) is 4.02. The van der Waals surface area contributed by atoms with Crippen molar-refractivity contribution >= 4 is 40.5 Å². The number of rotatable bonds is 6. The molecule has 0 radical (unpaired) electrons. The number of thiophene rings is 1. The van der Waals surface area contributed by atoms with Gasteiger partial charge in [0.05, 0.1) is 29.4 Å². The summed E-state index contributed by atoms with van der Waals surface area (Å²) < 4.78 is 0. The Labute approximate surface area is 170 Å². The van der Waals surface area contributed by atoms with Gasteiger partial charge in [-0.15, -0.1) is 0 Å². The molecule has 29 heavy (non-hydrogen) atoms. The molecule has 0 fully saturated rings. The van der Waals surface area contributed by atoms with Crippen LogP contribution < -0.4 is 10.6 Å². The van der Waals surface area contributed by atoms with Crippen molar-refractivity contribution in [3.63, 3.8) is 0 Å². The molecule has 0 aliphatic carbocycles. The van der Waals surface area contributed by atoms with Crippen LogP contribution >= 0.6 is 11.3 Å². The Balaban J connectivity index is 1.80. The molecule has 0 bridgehead atoms. The van der Waals surface area contributed by atoms with Crippen molar-refractivity contribution in [2.24, 2.45) is 0 Å². The predicted octanol–water partition coefficient (Wildman–Crippen LogP) is 4.59. The van der Waals surface area contributed by atoms with E-state index in [4.69, 9.17) is 10.4 Å². The topological polar surface area (TPSA) is 119 Å². The molecule has 0 unspecified atom stereocenters. The van der Waals surface area contributed by atoms with Gasteiger partial charge >= 0.3 is 6.09 Å². The summed E-state index contributed by atoms with van der Waals surface area (Å²) in [4.78, 5) is 35.8. The minimum atomic E-state index is -1.27. The van der Waals surface area contributed by atoms with Crippen molar-refractivity contribution in [1.82, 2.24) is 0 Å². The minimum Gasteiger partial charge on any atom is -0.465 e. The molecule has 0 saturated heterocycles. The van der Waals surface area contributed by atoms with E-state index in [0.717, 1.165) is 11.1 Å². The average Bonchev–Trinajstić information content (AvgIpc) is 3.23. The number of ketones is 1. The zero-order chi connectivity index (χ0) is 20.8. The summed E-state index contributed by atoms with van der Waals surface area (Å²) in [6.07, 6.45) is -1.71. The van der Waals surface area contributed by atoms with Gasteiger partial charge in [0, 0.05) is 5.56 Å². The van der Waals surface area contributed by atoms with Crippen molar-refractivity contribution < 1.29 is 19.5 Å². The predicted molar refractivity (Wildman–Crippen MR) is 110 cm³/mol. The molecule has 3 rings (SSSR count). The smallest absolute Gasteiger partial charge is 0.409 e. The van der Waals surface area contributed by atoms with Crippen LogP contribution in [0.25, 0.3) is 11.1 Å². The summed E-state index contributed by atoms with van der Waals surface area (Å²) in [6.45, 7) is 0. The molecule has 0 saturated carbocycles. The van der Waals surface area contributed by atoms with Gasteiger partial charge in [0.2, 0.25) is 5.91 Å². The Morgan fingerprint density at radius 2 is 1.83 bits per heavy atom. The maximum absolute atomic E-state index is 12.4. The fourth-order valence-corrected chi connectivity index (χ4v) is 3.35. The van der Waals surface area contributed by atoms with Gasteiger partial charge in [-0.1, -0.05) is 18.2 Å². The molecule has 1 heterocycles. The van der Waals surface area contributed by atoms with Gasteiger partial charge in [0.15, 0.2) is 5.78 Å². The van der Waals surface area contributed by atoms with E-state index < -0.39 is 24.2 Å². The third-order valence-corrected chi connectivity index (χ3v) is 4.71. The summed E-state index contributed by atoms with van der Waals surface area (Å²) >= 11 is 1.51. The fraction of sp³-hybridized carbons (Fsp3) is 0.0476. The quantitative estimate of drug-likeness (QED) is 0.409. The molecule has 3 aromatic rings. The SMILES string of the molecule is N#Cc1cccc(C(=O)CC(=O)Nc2cc(-c3ccsc3)ccc2NC(=O)O)c1. The second-order valence-electron chi connectivity index (χ2n) is 6.04. The molecular weight excluding hydrogens is 390 g/mol. The van der Waals surface area contributed by atoms with Gasteiger partial charge in [-0.3, -0.25) is 14.9 Å². The second kappa shape index (κ2) is 8.82. The zero-order valence-electron chi connectivity index (χ0n) is 15.0. The number of benzene rings is 2. The number of nitrogens with zero attached hydrogens (tertiary/aromatic N) is 1. The zero-order valence-corrected chi connectivity index (χ0v) is 15.8. The highest BCUT2D eigenvalue weighted by molar-refractivity contribution is 7.08. The molecule has 144 valence electrons. The van der Waals surface area contributed by atoms with E-state index in [2.05, 4.69) is 10.6 Å². The highest BCUT2D eigenvalue weighted by atomic mass is 32.1. The summed E-state index contributed by atoms with van der Waals surface area (Å²) in [7, 11) is 0. The van der Waals surface area contributed by atoms with Crippen molar-refractivity contribution in [2.45, 2.75) is 6.42 Å². The van der Waals surface area contributed by atoms with Crippen molar-refractivity contribution in [2.75, 3.05) is 10.6 Å². The first-order valence-electron chi connectivity index (χ1n) is 8.46. The van der Waals surface area contributed by atoms with Crippen LogP contribution in [0.1, 0.15) is 22.3 Å². The number of carboxylic acid groups (broad SMARTS) is 1. The van der Waals surface area contributed by atoms with E-state index in [1.54, 1.807) is 30.3 Å². The average molecular weight is 405 g/mol.